The van der Waals surface area contributed by atoms with Gasteiger partial charge in [-0.25, -0.2) is 0 Å². The third-order valence-electron chi connectivity index (χ3n) is 5.81. The number of carboxylic acid groups (broad SMARTS) is 1. The number of hydrogen-bond donors (Lipinski definition) is 3. The van der Waals surface area contributed by atoms with Gasteiger partial charge in [-0.1, -0.05) is 48.5 Å². The van der Waals surface area contributed by atoms with Gasteiger partial charge in [-0.3, -0.25) is 19.7 Å². The Kier molecular flexibility index (Phi) is 8.00. The summed E-state index contributed by atoms with van der Waals surface area (Å²) >= 11 is 0. The van der Waals surface area contributed by atoms with Crippen LogP contribution in [0.4, 0.5) is 5.69 Å². The van der Waals surface area contributed by atoms with Crippen LogP contribution in [0.15, 0.2) is 54.6 Å². The smallest absolute Gasteiger partial charge is 0.323 e. The Morgan fingerprint density at radius 2 is 1.81 bits per heavy atom. The van der Waals surface area contributed by atoms with Crippen molar-refractivity contribution < 1.29 is 24.2 Å². The molecule has 2 aromatic carbocycles. The first-order valence-corrected chi connectivity index (χ1v) is 11.0. The molecule has 0 aromatic heterocycles. The molecule has 0 saturated heterocycles. The van der Waals surface area contributed by atoms with Gasteiger partial charge in [0, 0.05) is 5.69 Å². The molecule has 0 spiro atoms. The van der Waals surface area contributed by atoms with Crippen molar-refractivity contribution in [3.8, 4) is 0 Å². The molecule has 7 heteroatoms. The number of fused-ring (bicyclic) bond motifs is 1. The fraction of sp³-hybridized carbons (Fsp3) is 0.400. The normalized spacial score (nSPS) is 19.2. The number of hydrogen-bond acceptors (Lipinski definition) is 6. The van der Waals surface area contributed by atoms with E-state index in [0.717, 1.165) is 16.8 Å². The molecule has 1 aliphatic heterocycles. The zero-order chi connectivity index (χ0) is 23.1. The number of carbonyl (C=O) groups excluding carboxylic acids is 2. The second-order valence-electron chi connectivity index (χ2n) is 8.05. The number of carbonyl (C=O) groups is 3. The second kappa shape index (κ2) is 10.9. The van der Waals surface area contributed by atoms with Gasteiger partial charge in [0.2, 0.25) is 0 Å². The van der Waals surface area contributed by atoms with Crippen LogP contribution >= 0.6 is 0 Å². The summed E-state index contributed by atoms with van der Waals surface area (Å²) in [6.45, 7) is 3.65. The lowest BCUT2D eigenvalue weighted by atomic mass is 9.83. The molecule has 0 amide bonds. The van der Waals surface area contributed by atoms with Gasteiger partial charge in [-0.15, -0.1) is 0 Å². The number of ketones is 1. The predicted molar refractivity (Wildman–Crippen MR) is 121 cm³/mol. The number of carboxylic acids is 1. The summed E-state index contributed by atoms with van der Waals surface area (Å²) in [5.41, 5.74) is 2.72. The van der Waals surface area contributed by atoms with Crippen LogP contribution in [-0.2, 0) is 32.0 Å². The summed E-state index contributed by atoms with van der Waals surface area (Å²) in [5.74, 6) is -2.61. The lowest BCUT2D eigenvalue weighted by Crippen LogP contribution is -2.54. The van der Waals surface area contributed by atoms with E-state index in [1.165, 1.54) is 0 Å². The van der Waals surface area contributed by atoms with E-state index in [-0.39, 0.29) is 18.8 Å². The number of ether oxygens (including phenoxy) is 1. The minimum atomic E-state index is -1.02. The van der Waals surface area contributed by atoms with Crippen molar-refractivity contribution in [2.24, 2.45) is 5.92 Å². The highest BCUT2D eigenvalue weighted by Gasteiger charge is 2.40. The molecule has 0 radical (unpaired) electrons. The topological polar surface area (TPSA) is 105 Å². The standard InChI is InChI=1S/C25H30N2O5/c1-3-32-25(31)21(14-13-17-9-5-4-6-10-17)26-16(2)23(28)22-19(24(29)30)15-18-11-7-8-12-20(18)27-22/h4-12,16,19,21-22,26-27H,3,13-15H2,1-2H3,(H,29,30)/t16-,19?,21?,22?/m0/s1. The summed E-state index contributed by atoms with van der Waals surface area (Å²) in [7, 11) is 0. The van der Waals surface area contributed by atoms with Crippen LogP contribution in [0.5, 0.6) is 0 Å². The van der Waals surface area contributed by atoms with Crippen molar-refractivity contribution >= 4 is 23.4 Å². The SMILES string of the molecule is CCOC(=O)C(CCc1ccccc1)N[C@@H](C)C(=O)C1Nc2ccccc2CC1C(=O)O. The van der Waals surface area contributed by atoms with E-state index in [4.69, 9.17) is 4.74 Å². The molecule has 0 bridgehead atoms. The Labute approximate surface area is 188 Å². The van der Waals surface area contributed by atoms with Gasteiger partial charge in [-0.2, -0.15) is 0 Å². The fourth-order valence-corrected chi connectivity index (χ4v) is 4.08. The number of benzene rings is 2. The molecular weight excluding hydrogens is 408 g/mol. The third kappa shape index (κ3) is 5.73. The second-order valence-corrected chi connectivity index (χ2v) is 8.05. The van der Waals surface area contributed by atoms with Crippen molar-refractivity contribution in [3.63, 3.8) is 0 Å². The molecule has 3 unspecified atom stereocenters. The molecule has 3 rings (SSSR count). The molecule has 170 valence electrons. The fourth-order valence-electron chi connectivity index (χ4n) is 4.08. The largest absolute Gasteiger partial charge is 0.481 e. The monoisotopic (exact) mass is 438 g/mol. The Morgan fingerprint density at radius 3 is 2.50 bits per heavy atom. The van der Waals surface area contributed by atoms with Crippen LogP contribution in [0.1, 0.15) is 31.4 Å². The van der Waals surface area contributed by atoms with Crippen molar-refractivity contribution in [2.45, 2.75) is 51.2 Å². The van der Waals surface area contributed by atoms with E-state index in [1.54, 1.807) is 13.8 Å². The number of aliphatic carboxylic acids is 1. The van der Waals surface area contributed by atoms with E-state index in [9.17, 15) is 19.5 Å². The first kappa shape index (κ1) is 23.5. The van der Waals surface area contributed by atoms with Gasteiger partial charge in [0.25, 0.3) is 0 Å². The average Bonchev–Trinajstić information content (AvgIpc) is 2.80. The van der Waals surface area contributed by atoms with Gasteiger partial charge in [0.05, 0.1) is 18.6 Å². The number of rotatable bonds is 10. The Bertz CT molecular complexity index is 946. The lowest BCUT2D eigenvalue weighted by Gasteiger charge is -2.33. The molecule has 3 N–H and O–H groups in total. The van der Waals surface area contributed by atoms with E-state index in [1.807, 2.05) is 54.6 Å². The number of anilines is 1. The minimum absolute atomic E-state index is 0.243. The van der Waals surface area contributed by atoms with E-state index < -0.39 is 36.0 Å². The van der Waals surface area contributed by atoms with Crippen molar-refractivity contribution in [1.82, 2.24) is 5.32 Å². The molecule has 4 atom stereocenters. The van der Waals surface area contributed by atoms with Gasteiger partial charge < -0.3 is 15.2 Å². The zero-order valence-corrected chi connectivity index (χ0v) is 18.4. The maximum Gasteiger partial charge on any atom is 0.323 e. The van der Waals surface area contributed by atoms with Gasteiger partial charge in [0.15, 0.2) is 5.78 Å². The van der Waals surface area contributed by atoms with Crippen LogP contribution in [0.25, 0.3) is 0 Å². The summed E-state index contributed by atoms with van der Waals surface area (Å²) in [6, 6.07) is 14.9. The zero-order valence-electron chi connectivity index (χ0n) is 18.4. The molecular formula is C25H30N2O5. The Hall–Kier alpha value is -3.19. The third-order valence-corrected chi connectivity index (χ3v) is 5.81. The van der Waals surface area contributed by atoms with Gasteiger partial charge in [0.1, 0.15) is 12.1 Å². The molecule has 0 aliphatic carbocycles. The van der Waals surface area contributed by atoms with Crippen LogP contribution in [0.3, 0.4) is 0 Å². The molecule has 1 heterocycles. The summed E-state index contributed by atoms with van der Waals surface area (Å²) in [4.78, 5) is 37.7. The molecule has 1 aliphatic rings. The van der Waals surface area contributed by atoms with Crippen LogP contribution < -0.4 is 10.6 Å². The molecule has 2 aromatic rings. The lowest BCUT2D eigenvalue weighted by molar-refractivity contribution is -0.147. The molecule has 0 fully saturated rings. The minimum Gasteiger partial charge on any atom is -0.481 e. The maximum atomic E-state index is 13.3. The van der Waals surface area contributed by atoms with Gasteiger partial charge >= 0.3 is 11.9 Å². The molecule has 7 nitrogen and oxygen atoms in total. The highest BCUT2D eigenvalue weighted by molar-refractivity contribution is 5.96. The van der Waals surface area contributed by atoms with Crippen molar-refractivity contribution in [1.29, 1.82) is 0 Å². The Balaban J connectivity index is 1.72. The van der Waals surface area contributed by atoms with E-state index in [2.05, 4.69) is 10.6 Å². The van der Waals surface area contributed by atoms with Crippen LogP contribution in [-0.4, -0.2) is 47.6 Å². The van der Waals surface area contributed by atoms with Crippen LogP contribution in [0.2, 0.25) is 0 Å². The van der Waals surface area contributed by atoms with Crippen LogP contribution in [0, 0.1) is 5.92 Å². The van der Waals surface area contributed by atoms with E-state index >= 15 is 0 Å². The summed E-state index contributed by atoms with van der Waals surface area (Å²) in [6.07, 6.45) is 1.38. The first-order chi connectivity index (χ1) is 15.4. The van der Waals surface area contributed by atoms with Gasteiger partial charge in [-0.05, 0) is 50.3 Å². The van der Waals surface area contributed by atoms with Crippen molar-refractivity contribution in [3.05, 3.63) is 65.7 Å². The first-order valence-electron chi connectivity index (χ1n) is 11.0. The maximum absolute atomic E-state index is 13.3. The summed E-state index contributed by atoms with van der Waals surface area (Å²) < 4.78 is 5.20. The average molecular weight is 439 g/mol. The summed E-state index contributed by atoms with van der Waals surface area (Å²) in [5, 5.41) is 15.9. The number of para-hydroxylation sites is 1. The van der Waals surface area contributed by atoms with E-state index in [0.29, 0.717) is 12.8 Å². The highest BCUT2D eigenvalue weighted by atomic mass is 16.5. The molecule has 0 saturated carbocycles. The van der Waals surface area contributed by atoms with Crippen molar-refractivity contribution in [2.75, 3.05) is 11.9 Å². The number of aryl methyl sites for hydroxylation is 1. The quantitative estimate of drug-likeness (QED) is 0.490. The number of nitrogens with one attached hydrogen (secondary N) is 2. The highest BCUT2D eigenvalue weighted by Crippen LogP contribution is 2.29. The Morgan fingerprint density at radius 1 is 1.12 bits per heavy atom. The predicted octanol–water partition coefficient (Wildman–Crippen LogP) is 2.84. The molecule has 32 heavy (non-hydrogen) atoms. The number of esters is 1. The number of Topliss-reactive ketones (excluding diaryl/α,β-unsaturated/α-hetero) is 1.